The molecular formula is C15H19ClF3N5O2. The van der Waals surface area contributed by atoms with Gasteiger partial charge in [0.1, 0.15) is 5.82 Å². The van der Waals surface area contributed by atoms with Gasteiger partial charge in [0.05, 0.1) is 16.6 Å². The molecule has 1 fully saturated rings. The number of anilines is 1. The predicted octanol–water partition coefficient (Wildman–Crippen LogP) is 1.72. The van der Waals surface area contributed by atoms with Crippen LogP contribution in [0.2, 0.25) is 5.02 Å². The van der Waals surface area contributed by atoms with Crippen LogP contribution < -0.4 is 15.5 Å². The lowest BCUT2D eigenvalue weighted by Crippen LogP contribution is -2.55. The molecule has 0 radical (unpaired) electrons. The van der Waals surface area contributed by atoms with E-state index in [0.717, 1.165) is 12.3 Å². The van der Waals surface area contributed by atoms with Gasteiger partial charge >= 0.3 is 12.2 Å². The van der Waals surface area contributed by atoms with Gasteiger partial charge in [0, 0.05) is 39.4 Å². The summed E-state index contributed by atoms with van der Waals surface area (Å²) in [5, 5.41) is 4.45. The second-order valence-corrected chi connectivity index (χ2v) is 6.20. The van der Waals surface area contributed by atoms with E-state index >= 15 is 0 Å². The summed E-state index contributed by atoms with van der Waals surface area (Å²) in [5.41, 5.74) is -0.899. The first-order chi connectivity index (χ1) is 12.1. The van der Waals surface area contributed by atoms with Gasteiger partial charge in [-0.1, -0.05) is 11.6 Å². The van der Waals surface area contributed by atoms with E-state index in [1.165, 1.54) is 7.05 Å². The number of amides is 3. The van der Waals surface area contributed by atoms with Crippen LogP contribution in [0, 0.1) is 0 Å². The molecule has 0 aliphatic carbocycles. The Bertz CT molecular complexity index is 678. The van der Waals surface area contributed by atoms with Crippen molar-refractivity contribution in [1.29, 1.82) is 0 Å². The van der Waals surface area contributed by atoms with E-state index in [1.54, 1.807) is 11.8 Å². The molecule has 2 N–H and O–H groups in total. The SMILES string of the molecule is CNC(=O)NC(=O)C(C)N1CCN(c2ncc(C(F)(F)F)cc2Cl)CC1. The summed E-state index contributed by atoms with van der Waals surface area (Å²) in [6.45, 7) is 3.51. The van der Waals surface area contributed by atoms with Crippen molar-refractivity contribution in [2.75, 3.05) is 38.1 Å². The molecule has 1 aliphatic heterocycles. The van der Waals surface area contributed by atoms with Crippen LogP contribution in [-0.2, 0) is 11.0 Å². The highest BCUT2D eigenvalue weighted by molar-refractivity contribution is 6.33. The summed E-state index contributed by atoms with van der Waals surface area (Å²) in [4.78, 5) is 30.7. The summed E-state index contributed by atoms with van der Waals surface area (Å²) in [5.74, 6) is -0.148. The van der Waals surface area contributed by atoms with Crippen LogP contribution in [-0.4, -0.2) is 61.1 Å². The summed E-state index contributed by atoms with van der Waals surface area (Å²) in [6.07, 6.45) is -3.74. The number of nitrogens with one attached hydrogen (secondary N) is 2. The number of carbonyl (C=O) groups is 2. The molecule has 11 heteroatoms. The third-order valence-corrected chi connectivity index (χ3v) is 4.43. The summed E-state index contributed by atoms with van der Waals surface area (Å²) in [6, 6.07) is -0.248. The minimum Gasteiger partial charge on any atom is -0.353 e. The molecule has 1 aliphatic rings. The van der Waals surface area contributed by atoms with Crippen molar-refractivity contribution < 1.29 is 22.8 Å². The number of piperazine rings is 1. The number of halogens is 4. The lowest BCUT2D eigenvalue weighted by molar-refractivity contribution is -0.137. The average Bonchev–Trinajstić information content (AvgIpc) is 2.60. The fraction of sp³-hybridized carbons (Fsp3) is 0.533. The Kier molecular flexibility index (Phi) is 6.30. The third-order valence-electron chi connectivity index (χ3n) is 4.15. The Hall–Kier alpha value is -2.07. The number of hydrogen-bond donors (Lipinski definition) is 2. The van der Waals surface area contributed by atoms with Crippen LogP contribution in [0.3, 0.4) is 0 Å². The van der Waals surface area contributed by atoms with E-state index < -0.39 is 29.7 Å². The van der Waals surface area contributed by atoms with Gasteiger partial charge in [0.15, 0.2) is 0 Å². The fourth-order valence-electron chi connectivity index (χ4n) is 2.58. The van der Waals surface area contributed by atoms with E-state index in [-0.39, 0.29) is 10.8 Å². The zero-order chi connectivity index (χ0) is 19.5. The predicted molar refractivity (Wildman–Crippen MR) is 90.1 cm³/mol. The van der Waals surface area contributed by atoms with Gasteiger partial charge in [-0.15, -0.1) is 0 Å². The molecule has 144 valence electrons. The smallest absolute Gasteiger partial charge is 0.353 e. The van der Waals surface area contributed by atoms with Crippen LogP contribution in [0.5, 0.6) is 0 Å². The zero-order valence-electron chi connectivity index (χ0n) is 14.2. The van der Waals surface area contributed by atoms with Crippen molar-refractivity contribution in [3.63, 3.8) is 0 Å². The van der Waals surface area contributed by atoms with Crippen molar-refractivity contribution in [2.45, 2.75) is 19.1 Å². The molecule has 1 unspecified atom stereocenters. The second kappa shape index (κ2) is 8.09. The fourth-order valence-corrected chi connectivity index (χ4v) is 2.87. The van der Waals surface area contributed by atoms with E-state index in [4.69, 9.17) is 11.6 Å². The van der Waals surface area contributed by atoms with Gasteiger partial charge in [-0.05, 0) is 13.0 Å². The molecule has 1 saturated heterocycles. The number of rotatable bonds is 3. The summed E-state index contributed by atoms with van der Waals surface area (Å²) < 4.78 is 38.1. The van der Waals surface area contributed by atoms with Gasteiger partial charge < -0.3 is 10.2 Å². The van der Waals surface area contributed by atoms with Crippen molar-refractivity contribution in [3.05, 3.63) is 22.8 Å². The number of pyridine rings is 1. The minimum atomic E-state index is -4.50. The highest BCUT2D eigenvalue weighted by atomic mass is 35.5. The molecule has 0 aromatic carbocycles. The molecule has 0 spiro atoms. The maximum Gasteiger partial charge on any atom is 0.417 e. The van der Waals surface area contributed by atoms with Crippen LogP contribution in [0.15, 0.2) is 12.3 Å². The van der Waals surface area contributed by atoms with E-state index in [0.29, 0.717) is 26.2 Å². The van der Waals surface area contributed by atoms with Crippen molar-refractivity contribution >= 4 is 29.4 Å². The summed E-state index contributed by atoms with van der Waals surface area (Å²) in [7, 11) is 1.41. The lowest BCUT2D eigenvalue weighted by atomic mass is 10.2. The van der Waals surface area contributed by atoms with Gasteiger partial charge in [0.25, 0.3) is 0 Å². The third kappa shape index (κ3) is 4.76. The quantitative estimate of drug-likeness (QED) is 0.817. The largest absolute Gasteiger partial charge is 0.417 e. The molecule has 1 aromatic rings. The Balaban J connectivity index is 1.98. The normalized spacial score (nSPS) is 16.9. The Morgan fingerprint density at radius 1 is 1.27 bits per heavy atom. The van der Waals surface area contributed by atoms with E-state index in [9.17, 15) is 22.8 Å². The number of imide groups is 1. The molecule has 1 atom stereocenters. The molecule has 2 heterocycles. The molecule has 7 nitrogen and oxygen atoms in total. The van der Waals surface area contributed by atoms with Crippen LogP contribution in [0.4, 0.5) is 23.8 Å². The highest BCUT2D eigenvalue weighted by Gasteiger charge is 2.33. The van der Waals surface area contributed by atoms with Crippen LogP contribution in [0.25, 0.3) is 0 Å². The van der Waals surface area contributed by atoms with Gasteiger partial charge in [0.2, 0.25) is 5.91 Å². The van der Waals surface area contributed by atoms with Crippen molar-refractivity contribution in [3.8, 4) is 0 Å². The van der Waals surface area contributed by atoms with Gasteiger partial charge in [-0.25, -0.2) is 9.78 Å². The standard InChI is InChI=1S/C15H19ClF3N5O2/c1-9(13(25)22-14(26)20-2)23-3-5-24(6-4-23)12-11(16)7-10(8-21-12)15(17,18)19/h7-9H,3-6H2,1-2H3,(H2,20,22,25,26). The highest BCUT2D eigenvalue weighted by Crippen LogP contribution is 2.33. The van der Waals surface area contributed by atoms with Crippen LogP contribution >= 0.6 is 11.6 Å². The maximum absolute atomic E-state index is 12.7. The molecular weight excluding hydrogens is 375 g/mol. The zero-order valence-corrected chi connectivity index (χ0v) is 15.0. The number of nitrogens with zero attached hydrogens (tertiary/aromatic N) is 3. The molecule has 0 saturated carbocycles. The molecule has 3 amide bonds. The minimum absolute atomic E-state index is 0.0707. The van der Waals surface area contributed by atoms with Crippen molar-refractivity contribution in [1.82, 2.24) is 20.5 Å². The van der Waals surface area contributed by atoms with Crippen LogP contribution in [0.1, 0.15) is 12.5 Å². The number of alkyl halides is 3. The number of urea groups is 1. The van der Waals surface area contributed by atoms with E-state index in [2.05, 4.69) is 15.6 Å². The monoisotopic (exact) mass is 393 g/mol. The molecule has 1 aromatic heterocycles. The maximum atomic E-state index is 12.7. The van der Waals surface area contributed by atoms with Gasteiger partial charge in [-0.2, -0.15) is 13.2 Å². The molecule has 26 heavy (non-hydrogen) atoms. The number of hydrogen-bond acceptors (Lipinski definition) is 5. The van der Waals surface area contributed by atoms with E-state index in [1.807, 2.05) is 4.90 Å². The number of carbonyl (C=O) groups excluding carboxylic acids is 2. The number of aromatic nitrogens is 1. The second-order valence-electron chi connectivity index (χ2n) is 5.79. The summed E-state index contributed by atoms with van der Waals surface area (Å²) >= 11 is 5.97. The Labute approximate surface area is 153 Å². The average molecular weight is 394 g/mol. The van der Waals surface area contributed by atoms with Crippen molar-refractivity contribution in [2.24, 2.45) is 0 Å². The first kappa shape index (κ1) is 20.2. The molecule has 2 rings (SSSR count). The first-order valence-electron chi connectivity index (χ1n) is 7.87. The topological polar surface area (TPSA) is 77.6 Å². The Morgan fingerprint density at radius 3 is 2.38 bits per heavy atom. The molecule has 0 bridgehead atoms. The Morgan fingerprint density at radius 2 is 1.88 bits per heavy atom. The van der Waals surface area contributed by atoms with Gasteiger partial charge in [-0.3, -0.25) is 15.0 Å². The first-order valence-corrected chi connectivity index (χ1v) is 8.25. The lowest BCUT2D eigenvalue weighted by Gasteiger charge is -2.38.